The normalized spacial score (nSPS) is 19.6. The lowest BCUT2D eigenvalue weighted by Gasteiger charge is -2.25. The number of aromatic nitrogens is 1. The third kappa shape index (κ3) is 4.84. The molecule has 1 aromatic heterocycles. The summed E-state index contributed by atoms with van der Waals surface area (Å²) in [6.07, 6.45) is -2.18. The van der Waals surface area contributed by atoms with E-state index in [9.17, 15) is 22.8 Å². The Balaban J connectivity index is 1.52. The molecule has 3 amide bonds. The molecular formula is C23H24F3N5O2. The number of alkyl halides is 3. The van der Waals surface area contributed by atoms with Crippen molar-refractivity contribution in [2.75, 3.05) is 13.1 Å². The summed E-state index contributed by atoms with van der Waals surface area (Å²) in [5, 5.41) is 8.55. The van der Waals surface area contributed by atoms with Crippen molar-refractivity contribution in [3.05, 3.63) is 65.0 Å². The molecule has 7 nitrogen and oxygen atoms in total. The molecule has 0 radical (unpaired) electrons. The van der Waals surface area contributed by atoms with Crippen molar-refractivity contribution in [1.82, 2.24) is 20.2 Å². The van der Waals surface area contributed by atoms with E-state index < -0.39 is 23.9 Å². The molecule has 174 valence electrons. The van der Waals surface area contributed by atoms with Gasteiger partial charge in [-0.25, -0.2) is 9.80 Å². The Kier molecular flexibility index (Phi) is 6.09. The van der Waals surface area contributed by atoms with Gasteiger partial charge in [-0.2, -0.15) is 18.3 Å². The fraction of sp³-hybridized carbons (Fsp3) is 0.391. The van der Waals surface area contributed by atoms with E-state index in [2.05, 4.69) is 15.4 Å². The topological polar surface area (TPSA) is 77.9 Å². The van der Waals surface area contributed by atoms with Crippen molar-refractivity contribution in [1.29, 1.82) is 0 Å². The van der Waals surface area contributed by atoms with Gasteiger partial charge in [0.2, 0.25) is 5.91 Å². The molecule has 0 unspecified atom stereocenters. The predicted octanol–water partition coefficient (Wildman–Crippen LogP) is 3.89. The van der Waals surface area contributed by atoms with Crippen molar-refractivity contribution in [2.24, 2.45) is 5.10 Å². The fourth-order valence-corrected chi connectivity index (χ4v) is 4.01. The number of hydrazone groups is 1. The first-order valence-corrected chi connectivity index (χ1v) is 10.7. The summed E-state index contributed by atoms with van der Waals surface area (Å²) in [4.78, 5) is 30.5. The van der Waals surface area contributed by atoms with E-state index in [4.69, 9.17) is 0 Å². The predicted molar refractivity (Wildman–Crippen MR) is 115 cm³/mol. The number of rotatable bonds is 4. The van der Waals surface area contributed by atoms with Gasteiger partial charge in [0.1, 0.15) is 5.69 Å². The molecule has 33 heavy (non-hydrogen) atoms. The average molecular weight is 459 g/mol. The van der Waals surface area contributed by atoms with Crippen molar-refractivity contribution >= 4 is 17.6 Å². The molecule has 1 fully saturated rings. The number of aryl methyl sites for hydroxylation is 1. The zero-order valence-electron chi connectivity index (χ0n) is 18.3. The van der Waals surface area contributed by atoms with Gasteiger partial charge in [0, 0.05) is 19.2 Å². The molecule has 2 aliphatic heterocycles. The maximum Gasteiger partial charge on any atom is 0.433 e. The van der Waals surface area contributed by atoms with Crippen LogP contribution in [-0.4, -0.2) is 51.7 Å². The number of pyridine rings is 1. The zero-order chi connectivity index (χ0) is 23.8. The summed E-state index contributed by atoms with van der Waals surface area (Å²) >= 11 is 0. The molecular weight excluding hydrogens is 435 g/mol. The van der Waals surface area contributed by atoms with Crippen molar-refractivity contribution in [2.45, 2.75) is 44.9 Å². The lowest BCUT2D eigenvalue weighted by molar-refractivity contribution is -0.141. The van der Waals surface area contributed by atoms with E-state index in [1.54, 1.807) is 11.8 Å². The van der Waals surface area contributed by atoms with Gasteiger partial charge in [-0.05, 0) is 37.5 Å². The van der Waals surface area contributed by atoms with Gasteiger partial charge in [0.05, 0.1) is 24.3 Å². The Labute approximate surface area is 189 Å². The number of hydrogen-bond donors (Lipinski definition) is 1. The van der Waals surface area contributed by atoms with Crippen LogP contribution in [-0.2, 0) is 11.0 Å². The van der Waals surface area contributed by atoms with Gasteiger partial charge in [-0.3, -0.25) is 9.78 Å². The number of likely N-dealkylation sites (tertiary alicyclic amines) is 1. The number of carbonyl (C=O) groups is 2. The maximum absolute atomic E-state index is 12.9. The monoisotopic (exact) mass is 459 g/mol. The molecule has 0 spiro atoms. The second-order valence-electron chi connectivity index (χ2n) is 8.29. The molecule has 2 atom stereocenters. The third-order valence-electron chi connectivity index (χ3n) is 5.87. The van der Waals surface area contributed by atoms with Crippen LogP contribution < -0.4 is 5.32 Å². The molecule has 0 saturated carbocycles. The Morgan fingerprint density at radius 1 is 1.18 bits per heavy atom. The standard InChI is InChI=1S/C23H24F3N5O2/c1-14-5-7-16(8-6-14)21-18(30-11-3-4-20(30)32)13-31(29-21)22(33)28-15(2)17-9-10-19(27-12-17)23(24,25)26/h5-10,12,15,18H,3-4,11,13H2,1-2H3,(H,28,33)/t15-,18-/m1/s1. The number of nitrogens with one attached hydrogen (secondary N) is 1. The molecule has 2 aromatic rings. The van der Waals surface area contributed by atoms with Crippen molar-refractivity contribution < 1.29 is 22.8 Å². The number of nitrogens with zero attached hydrogens (tertiary/aromatic N) is 4. The van der Waals surface area contributed by atoms with E-state index >= 15 is 0 Å². The zero-order valence-corrected chi connectivity index (χ0v) is 18.3. The third-order valence-corrected chi connectivity index (χ3v) is 5.87. The maximum atomic E-state index is 12.9. The van der Waals surface area contributed by atoms with Crippen LogP contribution >= 0.6 is 0 Å². The Morgan fingerprint density at radius 3 is 2.48 bits per heavy atom. The van der Waals surface area contributed by atoms with Crippen LogP contribution in [0.5, 0.6) is 0 Å². The van der Waals surface area contributed by atoms with Gasteiger partial charge in [-0.1, -0.05) is 35.9 Å². The minimum Gasteiger partial charge on any atom is -0.332 e. The Morgan fingerprint density at radius 2 is 1.91 bits per heavy atom. The molecule has 1 saturated heterocycles. The summed E-state index contributed by atoms with van der Waals surface area (Å²) < 4.78 is 38.2. The minimum atomic E-state index is -4.52. The summed E-state index contributed by atoms with van der Waals surface area (Å²) in [7, 11) is 0. The first-order chi connectivity index (χ1) is 15.6. The minimum absolute atomic E-state index is 0.0336. The molecule has 0 bridgehead atoms. The summed E-state index contributed by atoms with van der Waals surface area (Å²) in [5.41, 5.74) is 2.00. The van der Waals surface area contributed by atoms with E-state index in [1.807, 2.05) is 31.2 Å². The molecule has 10 heteroatoms. The molecule has 0 aliphatic carbocycles. The number of carbonyl (C=O) groups excluding carboxylic acids is 2. The molecule has 1 N–H and O–H groups in total. The van der Waals surface area contributed by atoms with E-state index in [0.29, 0.717) is 24.2 Å². The molecule has 2 aliphatic rings. The van der Waals surface area contributed by atoms with Crippen LogP contribution in [0.2, 0.25) is 0 Å². The van der Waals surface area contributed by atoms with Crippen LogP contribution in [0, 0.1) is 6.92 Å². The van der Waals surface area contributed by atoms with E-state index in [0.717, 1.165) is 29.8 Å². The van der Waals surface area contributed by atoms with Gasteiger partial charge in [0.15, 0.2) is 0 Å². The van der Waals surface area contributed by atoms with Crippen molar-refractivity contribution in [3.8, 4) is 0 Å². The van der Waals surface area contributed by atoms with Gasteiger partial charge in [-0.15, -0.1) is 0 Å². The van der Waals surface area contributed by atoms with Crippen LogP contribution in [0.4, 0.5) is 18.0 Å². The quantitative estimate of drug-likeness (QED) is 0.754. The second-order valence-corrected chi connectivity index (χ2v) is 8.29. The fourth-order valence-electron chi connectivity index (χ4n) is 4.01. The highest BCUT2D eigenvalue weighted by Gasteiger charge is 2.39. The summed E-state index contributed by atoms with van der Waals surface area (Å²) in [5.74, 6) is 0.0336. The van der Waals surface area contributed by atoms with Crippen molar-refractivity contribution in [3.63, 3.8) is 0 Å². The smallest absolute Gasteiger partial charge is 0.332 e. The highest BCUT2D eigenvalue weighted by molar-refractivity contribution is 6.08. The first-order valence-electron chi connectivity index (χ1n) is 10.7. The summed E-state index contributed by atoms with van der Waals surface area (Å²) in [6, 6.07) is 8.47. The van der Waals surface area contributed by atoms with Crippen LogP contribution in [0.3, 0.4) is 0 Å². The van der Waals surface area contributed by atoms with Gasteiger partial charge < -0.3 is 10.2 Å². The number of amides is 3. The first kappa shape index (κ1) is 22.8. The van der Waals surface area contributed by atoms with E-state index in [1.165, 1.54) is 11.1 Å². The highest BCUT2D eigenvalue weighted by atomic mass is 19.4. The Hall–Kier alpha value is -3.43. The van der Waals surface area contributed by atoms with E-state index in [-0.39, 0.29) is 18.5 Å². The van der Waals surface area contributed by atoms with Crippen LogP contribution in [0.1, 0.15) is 48.2 Å². The lowest BCUT2D eigenvalue weighted by atomic mass is 10.0. The average Bonchev–Trinajstić information content (AvgIpc) is 3.40. The highest BCUT2D eigenvalue weighted by Crippen LogP contribution is 2.28. The number of benzene rings is 1. The summed E-state index contributed by atoms with van der Waals surface area (Å²) in [6.45, 7) is 4.44. The van der Waals surface area contributed by atoms with Gasteiger partial charge >= 0.3 is 12.2 Å². The molecule has 3 heterocycles. The Bertz CT molecular complexity index is 1070. The number of urea groups is 1. The van der Waals surface area contributed by atoms with Crippen LogP contribution in [0.15, 0.2) is 47.7 Å². The second kappa shape index (κ2) is 8.84. The molecule has 1 aromatic carbocycles. The largest absolute Gasteiger partial charge is 0.433 e. The number of hydrogen-bond acceptors (Lipinski definition) is 4. The SMILES string of the molecule is Cc1ccc(C2=NN(C(=O)N[C@H](C)c3ccc(C(F)(F)F)nc3)C[C@H]2N2CCCC2=O)cc1. The van der Waals surface area contributed by atoms with Gasteiger partial charge in [0.25, 0.3) is 0 Å². The molecule has 4 rings (SSSR count). The van der Waals surface area contributed by atoms with Crippen LogP contribution in [0.25, 0.3) is 0 Å². The lowest BCUT2D eigenvalue weighted by Crippen LogP contribution is -2.46. The number of halogens is 3.